The molecule has 25 heavy (non-hydrogen) atoms. The van der Waals surface area contributed by atoms with Crippen LogP contribution < -0.4 is 10.1 Å². The number of nitrogens with zero attached hydrogens (tertiary/aromatic N) is 2. The Morgan fingerprint density at radius 1 is 1.48 bits per heavy atom. The van der Waals surface area contributed by atoms with Gasteiger partial charge in [-0.05, 0) is 49.0 Å². The van der Waals surface area contributed by atoms with Crippen molar-refractivity contribution in [1.29, 1.82) is 0 Å². The largest absolute Gasteiger partial charge is 0.492 e. The molecule has 2 aromatic heterocycles. The maximum atomic E-state index is 12.6. The van der Waals surface area contributed by atoms with Crippen molar-refractivity contribution in [3.8, 4) is 5.75 Å². The molecule has 2 saturated heterocycles. The van der Waals surface area contributed by atoms with Crippen molar-refractivity contribution in [1.82, 2.24) is 15.2 Å². The van der Waals surface area contributed by atoms with Crippen LogP contribution in [-0.2, 0) is 11.3 Å². The zero-order valence-electron chi connectivity index (χ0n) is 14.4. The van der Waals surface area contributed by atoms with Crippen molar-refractivity contribution in [2.24, 2.45) is 11.3 Å². The minimum atomic E-state index is -0.312. The van der Waals surface area contributed by atoms with Crippen LogP contribution in [0, 0.1) is 18.3 Å². The lowest BCUT2D eigenvalue weighted by Crippen LogP contribution is -2.40. The summed E-state index contributed by atoms with van der Waals surface area (Å²) in [4.78, 5) is 20.5. The quantitative estimate of drug-likeness (QED) is 0.893. The average molecular weight is 357 g/mol. The summed E-state index contributed by atoms with van der Waals surface area (Å²) in [5.74, 6) is 1.16. The zero-order chi connectivity index (χ0) is 17.3. The number of hydrogen-bond donors (Lipinski definition) is 1. The van der Waals surface area contributed by atoms with Crippen LogP contribution in [0.4, 0.5) is 0 Å². The van der Waals surface area contributed by atoms with Gasteiger partial charge in [-0.2, -0.15) is 0 Å². The molecule has 2 atom stereocenters. The second-order valence-corrected chi connectivity index (χ2v) is 8.05. The van der Waals surface area contributed by atoms with Gasteiger partial charge in [0.2, 0.25) is 5.91 Å². The molecule has 0 unspecified atom stereocenters. The van der Waals surface area contributed by atoms with Gasteiger partial charge in [0.15, 0.2) is 0 Å². The first kappa shape index (κ1) is 16.5. The molecule has 2 fully saturated rings. The molecule has 0 aliphatic carbocycles. The van der Waals surface area contributed by atoms with Gasteiger partial charge < -0.3 is 10.1 Å². The van der Waals surface area contributed by atoms with E-state index in [2.05, 4.69) is 33.6 Å². The van der Waals surface area contributed by atoms with Crippen molar-refractivity contribution in [2.45, 2.75) is 19.9 Å². The van der Waals surface area contributed by atoms with Crippen LogP contribution in [0.25, 0.3) is 0 Å². The SMILES string of the molecule is Cc1ccsc1CN1CC[C@]2(C1)C(=O)NC[C@H]2COc1cccnc1. The first-order chi connectivity index (χ1) is 12.2. The molecule has 0 bridgehead atoms. The van der Waals surface area contributed by atoms with Gasteiger partial charge >= 0.3 is 0 Å². The number of likely N-dealkylation sites (tertiary alicyclic amines) is 1. The Morgan fingerprint density at radius 2 is 2.40 bits per heavy atom. The average Bonchev–Trinajstić information content (AvgIpc) is 3.31. The lowest BCUT2D eigenvalue weighted by molar-refractivity contribution is -0.128. The van der Waals surface area contributed by atoms with E-state index in [-0.39, 0.29) is 17.2 Å². The molecule has 6 heteroatoms. The maximum Gasteiger partial charge on any atom is 0.228 e. The van der Waals surface area contributed by atoms with Gasteiger partial charge in [-0.3, -0.25) is 14.7 Å². The van der Waals surface area contributed by atoms with Crippen LogP contribution >= 0.6 is 11.3 Å². The molecule has 0 aromatic carbocycles. The van der Waals surface area contributed by atoms with E-state index in [0.29, 0.717) is 13.2 Å². The molecule has 1 spiro atoms. The summed E-state index contributed by atoms with van der Waals surface area (Å²) in [5.41, 5.74) is 1.03. The van der Waals surface area contributed by atoms with Crippen molar-refractivity contribution < 1.29 is 9.53 Å². The highest BCUT2D eigenvalue weighted by Gasteiger charge is 2.54. The summed E-state index contributed by atoms with van der Waals surface area (Å²) in [6.07, 6.45) is 4.36. The summed E-state index contributed by atoms with van der Waals surface area (Å²) in [7, 11) is 0. The van der Waals surface area contributed by atoms with Gasteiger partial charge in [-0.25, -0.2) is 0 Å². The summed E-state index contributed by atoms with van der Waals surface area (Å²) >= 11 is 1.80. The highest BCUT2D eigenvalue weighted by atomic mass is 32.1. The number of carbonyl (C=O) groups excluding carboxylic acids is 1. The Hall–Kier alpha value is -1.92. The fourth-order valence-corrected chi connectivity index (χ4v) is 4.91. The third-order valence-corrected chi connectivity index (χ3v) is 6.55. The number of carbonyl (C=O) groups is 1. The predicted molar refractivity (Wildman–Crippen MR) is 97.6 cm³/mol. The van der Waals surface area contributed by atoms with Gasteiger partial charge in [0.1, 0.15) is 5.75 Å². The lowest BCUT2D eigenvalue weighted by atomic mass is 9.77. The van der Waals surface area contributed by atoms with Gasteiger partial charge in [0, 0.05) is 36.6 Å². The van der Waals surface area contributed by atoms with E-state index in [1.165, 1.54) is 10.4 Å². The lowest BCUT2D eigenvalue weighted by Gasteiger charge is -2.28. The Labute approximate surface area is 152 Å². The van der Waals surface area contributed by atoms with E-state index in [1.807, 2.05) is 12.1 Å². The molecule has 2 aromatic rings. The Morgan fingerprint density at radius 3 is 3.16 bits per heavy atom. The molecular formula is C19H23N3O2S. The third-order valence-electron chi connectivity index (χ3n) is 5.54. The van der Waals surface area contributed by atoms with E-state index >= 15 is 0 Å². The molecule has 2 aliphatic heterocycles. The number of nitrogens with one attached hydrogen (secondary N) is 1. The first-order valence-corrected chi connectivity index (χ1v) is 9.62. The Bertz CT molecular complexity index is 748. The molecule has 5 nitrogen and oxygen atoms in total. The molecule has 0 saturated carbocycles. The van der Waals surface area contributed by atoms with E-state index in [4.69, 9.17) is 4.74 Å². The molecular weight excluding hydrogens is 334 g/mol. The first-order valence-electron chi connectivity index (χ1n) is 8.74. The summed E-state index contributed by atoms with van der Waals surface area (Å²) in [5, 5.41) is 5.21. The molecule has 4 heterocycles. The van der Waals surface area contributed by atoms with Crippen molar-refractivity contribution >= 4 is 17.2 Å². The van der Waals surface area contributed by atoms with Crippen LogP contribution in [0.2, 0.25) is 0 Å². The molecule has 2 aliphatic rings. The topological polar surface area (TPSA) is 54.5 Å². The summed E-state index contributed by atoms with van der Waals surface area (Å²) in [6.45, 7) is 6.13. The molecule has 0 radical (unpaired) electrons. The fourth-order valence-electron chi connectivity index (χ4n) is 3.96. The van der Waals surface area contributed by atoms with Gasteiger partial charge in [0.25, 0.3) is 0 Å². The second-order valence-electron chi connectivity index (χ2n) is 7.05. The number of hydrogen-bond acceptors (Lipinski definition) is 5. The highest BCUT2D eigenvalue weighted by Crippen LogP contribution is 2.42. The van der Waals surface area contributed by atoms with Gasteiger partial charge in [-0.1, -0.05) is 0 Å². The second kappa shape index (κ2) is 6.77. The van der Waals surface area contributed by atoms with Gasteiger partial charge in [-0.15, -0.1) is 11.3 Å². The van der Waals surface area contributed by atoms with Crippen LogP contribution in [-0.4, -0.2) is 42.0 Å². The Kier molecular flexibility index (Phi) is 4.48. The fraction of sp³-hybridized carbons (Fsp3) is 0.474. The van der Waals surface area contributed by atoms with Gasteiger partial charge in [0.05, 0.1) is 18.2 Å². The van der Waals surface area contributed by atoms with Crippen molar-refractivity contribution in [3.05, 3.63) is 46.4 Å². The summed E-state index contributed by atoms with van der Waals surface area (Å²) < 4.78 is 5.91. The molecule has 1 amide bonds. The van der Waals surface area contributed by atoms with E-state index in [1.54, 1.807) is 23.7 Å². The molecule has 132 valence electrons. The number of thiophene rings is 1. The number of rotatable bonds is 5. The normalized spacial score (nSPS) is 26.3. The Balaban J connectivity index is 1.43. The van der Waals surface area contributed by atoms with Crippen LogP contribution in [0.15, 0.2) is 36.0 Å². The van der Waals surface area contributed by atoms with E-state index < -0.39 is 0 Å². The number of amides is 1. The predicted octanol–water partition coefficient (Wildman–Crippen LogP) is 2.47. The van der Waals surface area contributed by atoms with Crippen LogP contribution in [0.3, 0.4) is 0 Å². The van der Waals surface area contributed by atoms with E-state index in [9.17, 15) is 4.79 Å². The number of pyridine rings is 1. The number of ether oxygens (including phenoxy) is 1. The number of aryl methyl sites for hydroxylation is 1. The van der Waals surface area contributed by atoms with Crippen molar-refractivity contribution in [3.63, 3.8) is 0 Å². The van der Waals surface area contributed by atoms with E-state index in [0.717, 1.165) is 31.8 Å². The molecule has 1 N–H and O–H groups in total. The summed E-state index contributed by atoms with van der Waals surface area (Å²) in [6, 6.07) is 5.94. The maximum absolute atomic E-state index is 12.6. The smallest absolute Gasteiger partial charge is 0.228 e. The van der Waals surface area contributed by atoms with Crippen LogP contribution in [0.1, 0.15) is 16.9 Å². The molecule has 4 rings (SSSR count). The third kappa shape index (κ3) is 3.16. The zero-order valence-corrected chi connectivity index (χ0v) is 15.2. The highest BCUT2D eigenvalue weighted by molar-refractivity contribution is 7.10. The standard InChI is InChI=1S/C19H23N3O2S/c1-14-4-8-25-17(14)11-22-7-5-19(13-22)15(9-21-18(19)23)12-24-16-3-2-6-20-10-16/h2-4,6,8,10,15H,5,7,9,11-13H2,1H3,(H,21,23)/t15-,19+/m0/s1. The monoisotopic (exact) mass is 357 g/mol. The van der Waals surface area contributed by atoms with Crippen molar-refractivity contribution in [2.75, 3.05) is 26.2 Å². The minimum Gasteiger partial charge on any atom is -0.492 e. The number of aromatic nitrogens is 1. The minimum absolute atomic E-state index is 0.192. The van der Waals surface area contributed by atoms with Crippen LogP contribution in [0.5, 0.6) is 5.75 Å².